The molecule has 0 aromatic rings. The molecule has 0 fully saturated rings. The van der Waals surface area contributed by atoms with Crippen LogP contribution >= 0.6 is 12.4 Å². The van der Waals surface area contributed by atoms with Gasteiger partial charge in [0.25, 0.3) is 0 Å². The monoisotopic (exact) mass is 472 g/mol. The molecule has 0 amide bonds. The minimum absolute atomic E-state index is 0. The van der Waals surface area contributed by atoms with Gasteiger partial charge in [-0.15, -0.1) is 12.4 Å². The quantitative estimate of drug-likeness (QED) is 0.116. The smallest absolute Gasteiger partial charge is 0.0960 e. The highest BCUT2D eigenvalue weighted by Crippen LogP contribution is 2.13. The molecule has 0 saturated carbocycles. The van der Waals surface area contributed by atoms with Gasteiger partial charge in [-0.05, 0) is 52.4 Å². The molecular formula is C24H58Cl2N4. The molecule has 0 aliphatic carbocycles. The maximum absolute atomic E-state index is 6.78. The number of nitrogens with one attached hydrogen (secondary N) is 1. The van der Waals surface area contributed by atoms with Crippen LogP contribution in [0.25, 0.3) is 0 Å². The van der Waals surface area contributed by atoms with E-state index in [0.29, 0.717) is 6.04 Å². The summed E-state index contributed by atoms with van der Waals surface area (Å²) in [5.41, 5.74) is 2.53. The van der Waals surface area contributed by atoms with Crippen molar-refractivity contribution in [2.45, 2.75) is 137 Å². The Balaban J connectivity index is -0.000000429. The molecule has 0 heterocycles. The summed E-state index contributed by atoms with van der Waals surface area (Å²) in [6.07, 6.45) is 20.4. The predicted octanol–water partition coefficient (Wildman–Crippen LogP) is 3.87. The minimum Gasteiger partial charge on any atom is -1.00 e. The largest absolute Gasteiger partial charge is 1.00 e. The van der Waals surface area contributed by atoms with E-state index in [2.05, 4.69) is 26.2 Å². The third kappa shape index (κ3) is 30.6. The fraction of sp³-hybridized carbons (Fsp3) is 1.00. The van der Waals surface area contributed by atoms with Gasteiger partial charge in [-0.25, -0.2) is 4.59 Å². The van der Waals surface area contributed by atoms with Crippen LogP contribution in [-0.4, -0.2) is 30.3 Å². The Bertz CT molecular complexity index is 256. The Morgan fingerprint density at radius 3 is 1.03 bits per heavy atom. The van der Waals surface area contributed by atoms with Crippen molar-refractivity contribution in [2.24, 2.45) is 11.7 Å². The number of hydrogen-bond acceptors (Lipinski definition) is 3. The van der Waals surface area contributed by atoms with E-state index in [9.17, 15) is 0 Å². The summed E-state index contributed by atoms with van der Waals surface area (Å²) in [5.74, 6) is 11.7. The van der Waals surface area contributed by atoms with Crippen molar-refractivity contribution in [3.63, 3.8) is 0 Å². The molecule has 0 radical (unpaired) electrons. The van der Waals surface area contributed by atoms with Crippen LogP contribution in [0.15, 0.2) is 0 Å². The molecule has 188 valence electrons. The van der Waals surface area contributed by atoms with Gasteiger partial charge in [0, 0.05) is 6.04 Å². The standard InChI is InChI=1S/C21H47N2.C3H10N2.2ClH/c1-4-7-10-13-16-19-23(22,20-17-14-11-8-5-2)21-18-15-12-9-6-3;1-3(2)5-4;;/h4-22H2,1-3H3;3,5H,4H2,1-2H3;2*1H/q+1;;;/p-1. The van der Waals surface area contributed by atoms with Gasteiger partial charge in [0.05, 0.1) is 19.6 Å². The Kier molecular flexibility index (Phi) is 37.0. The lowest BCUT2D eigenvalue weighted by Gasteiger charge is -2.33. The second-order valence-corrected chi connectivity index (χ2v) is 8.95. The summed E-state index contributed by atoms with van der Waals surface area (Å²) in [4.78, 5) is 0. The van der Waals surface area contributed by atoms with E-state index < -0.39 is 0 Å². The topological polar surface area (TPSA) is 64.1 Å². The van der Waals surface area contributed by atoms with Crippen molar-refractivity contribution in [1.29, 1.82) is 0 Å². The second-order valence-electron chi connectivity index (χ2n) is 8.95. The first-order valence-electron chi connectivity index (χ1n) is 12.6. The summed E-state index contributed by atoms with van der Waals surface area (Å²) >= 11 is 0. The molecule has 0 saturated heterocycles. The van der Waals surface area contributed by atoms with Gasteiger partial charge in [-0.1, -0.05) is 78.6 Å². The lowest BCUT2D eigenvalue weighted by atomic mass is 10.1. The Morgan fingerprint density at radius 1 is 0.600 bits per heavy atom. The number of unbranched alkanes of at least 4 members (excludes halogenated alkanes) is 12. The first kappa shape index (κ1) is 37.7. The van der Waals surface area contributed by atoms with E-state index in [4.69, 9.17) is 11.7 Å². The molecule has 5 N–H and O–H groups in total. The van der Waals surface area contributed by atoms with Crippen LogP contribution in [0.4, 0.5) is 0 Å². The van der Waals surface area contributed by atoms with E-state index in [1.165, 1.54) is 116 Å². The van der Waals surface area contributed by atoms with Gasteiger partial charge in [0.15, 0.2) is 0 Å². The van der Waals surface area contributed by atoms with Gasteiger partial charge in [-0.3, -0.25) is 11.3 Å². The highest BCUT2D eigenvalue weighted by atomic mass is 35.5. The van der Waals surface area contributed by atoms with E-state index in [0.717, 1.165) is 4.59 Å². The van der Waals surface area contributed by atoms with Gasteiger partial charge in [-0.2, -0.15) is 5.84 Å². The maximum Gasteiger partial charge on any atom is 0.0960 e. The molecule has 0 unspecified atom stereocenters. The fourth-order valence-corrected chi connectivity index (χ4v) is 3.43. The summed E-state index contributed by atoms with van der Waals surface area (Å²) < 4.78 is 0.852. The van der Waals surface area contributed by atoms with Crippen molar-refractivity contribution in [3.05, 3.63) is 0 Å². The van der Waals surface area contributed by atoms with Crippen LogP contribution < -0.4 is 29.5 Å². The number of hydrazine groups is 1. The lowest BCUT2D eigenvalue weighted by molar-refractivity contribution is -0.940. The predicted molar refractivity (Wildman–Crippen MR) is 135 cm³/mol. The average molecular weight is 474 g/mol. The molecule has 0 spiro atoms. The highest BCUT2D eigenvalue weighted by Gasteiger charge is 2.21. The van der Waals surface area contributed by atoms with Crippen molar-refractivity contribution in [2.75, 3.05) is 19.6 Å². The van der Waals surface area contributed by atoms with E-state index in [1.807, 2.05) is 13.8 Å². The Morgan fingerprint density at radius 2 is 0.833 bits per heavy atom. The van der Waals surface area contributed by atoms with Gasteiger partial charge < -0.3 is 12.4 Å². The zero-order chi connectivity index (χ0) is 21.5. The van der Waals surface area contributed by atoms with Crippen LogP contribution in [0.5, 0.6) is 0 Å². The fourth-order valence-electron chi connectivity index (χ4n) is 3.43. The van der Waals surface area contributed by atoms with Gasteiger partial charge in [0.2, 0.25) is 0 Å². The molecule has 0 aromatic heterocycles. The number of halogens is 2. The first-order valence-corrected chi connectivity index (χ1v) is 12.6. The first-order chi connectivity index (χ1) is 13.5. The van der Waals surface area contributed by atoms with E-state index in [1.54, 1.807) is 0 Å². The number of rotatable bonds is 19. The zero-order valence-corrected chi connectivity index (χ0v) is 22.8. The van der Waals surface area contributed by atoms with Crippen LogP contribution in [0.1, 0.15) is 131 Å². The van der Waals surface area contributed by atoms with Crippen molar-refractivity contribution in [3.8, 4) is 0 Å². The Labute approximate surface area is 203 Å². The Hall–Kier alpha value is 0.420. The number of nitrogens with two attached hydrogens (primary N) is 2. The molecule has 0 bridgehead atoms. The van der Waals surface area contributed by atoms with Crippen LogP contribution in [-0.2, 0) is 0 Å². The lowest BCUT2D eigenvalue weighted by Crippen LogP contribution is -3.00. The van der Waals surface area contributed by atoms with Crippen molar-refractivity contribution < 1.29 is 17.0 Å². The van der Waals surface area contributed by atoms with E-state index in [-0.39, 0.29) is 24.8 Å². The molecule has 0 atom stereocenters. The summed E-state index contributed by atoms with van der Waals surface area (Å²) in [5, 5.41) is 0. The third-order valence-corrected chi connectivity index (χ3v) is 5.45. The molecule has 0 rings (SSSR count). The number of hydrogen-bond donors (Lipinski definition) is 3. The van der Waals surface area contributed by atoms with E-state index >= 15 is 0 Å². The van der Waals surface area contributed by atoms with Crippen molar-refractivity contribution >= 4 is 12.4 Å². The normalized spacial score (nSPS) is 10.8. The van der Waals surface area contributed by atoms with Crippen LogP contribution in [0, 0.1) is 0 Å². The number of quaternary nitrogens is 1. The molecular weight excluding hydrogens is 415 g/mol. The minimum atomic E-state index is 0. The van der Waals surface area contributed by atoms with Gasteiger partial charge >= 0.3 is 0 Å². The molecule has 0 aromatic carbocycles. The second kappa shape index (κ2) is 29.4. The average Bonchev–Trinajstić information content (AvgIpc) is 2.68. The molecule has 0 aliphatic heterocycles. The molecule has 6 heteroatoms. The summed E-state index contributed by atoms with van der Waals surface area (Å²) in [6, 6.07) is 0.412. The zero-order valence-electron chi connectivity index (χ0n) is 21.2. The van der Waals surface area contributed by atoms with Crippen LogP contribution in [0.3, 0.4) is 0 Å². The van der Waals surface area contributed by atoms with Crippen molar-refractivity contribution in [1.82, 2.24) is 5.43 Å². The maximum atomic E-state index is 6.78. The van der Waals surface area contributed by atoms with Gasteiger partial charge in [0.1, 0.15) is 0 Å². The third-order valence-electron chi connectivity index (χ3n) is 5.45. The highest BCUT2D eigenvalue weighted by molar-refractivity contribution is 5.85. The summed E-state index contributed by atoms with van der Waals surface area (Å²) in [7, 11) is 0. The number of nitrogens with zero attached hydrogens (tertiary/aromatic N) is 1. The summed E-state index contributed by atoms with van der Waals surface area (Å²) in [6.45, 7) is 14.4. The molecule has 30 heavy (non-hydrogen) atoms. The SMILES string of the molecule is CC(C)NN.CCCCCCC[N+](N)(CCCCCCC)CCCCCCC.Cl.[Cl-]. The van der Waals surface area contributed by atoms with Crippen LogP contribution in [0.2, 0.25) is 0 Å². The molecule has 0 aliphatic rings. The molecule has 4 nitrogen and oxygen atoms in total.